The molecule has 0 saturated carbocycles. The van der Waals surface area contributed by atoms with Crippen LogP contribution in [-0.2, 0) is 0 Å². The van der Waals surface area contributed by atoms with Crippen molar-refractivity contribution in [3.8, 4) is 11.5 Å². The van der Waals surface area contributed by atoms with Crippen molar-refractivity contribution in [2.45, 2.75) is 33.4 Å². The van der Waals surface area contributed by atoms with Crippen molar-refractivity contribution in [2.75, 3.05) is 0 Å². The van der Waals surface area contributed by atoms with E-state index in [0.717, 1.165) is 31.0 Å². The van der Waals surface area contributed by atoms with Crippen LogP contribution in [0.1, 0.15) is 11.1 Å². The first-order valence-corrected chi connectivity index (χ1v) is 13.0. The number of aryl methyl sites for hydroxylation is 2. The lowest BCUT2D eigenvalue weighted by Crippen LogP contribution is -2.05. The lowest BCUT2D eigenvalue weighted by molar-refractivity contribution is 0.611. The van der Waals surface area contributed by atoms with Gasteiger partial charge in [-0.05, 0) is 55.6 Å². The molecular formula is C30H21NO2S2. The van der Waals surface area contributed by atoms with E-state index < -0.39 is 0 Å². The maximum atomic E-state index is 12.9. The van der Waals surface area contributed by atoms with Crippen LogP contribution in [0.2, 0.25) is 0 Å². The Morgan fingerprint density at radius 3 is 1.94 bits per heavy atom. The molecule has 0 unspecified atom stereocenters. The molecule has 0 amide bonds. The summed E-state index contributed by atoms with van der Waals surface area (Å²) < 4.78 is 6.27. The standard InChI is InChI=1S/C30H21NO2S2/c1-18-7-11-20(12-8-18)34-28-17-27-30(23-6-4-3-5-22(23)28)31-24-15-29(25(32)16-26(24)33-27)35-21-13-9-19(2)10-14-21/h3-17H,1-2H3. The Labute approximate surface area is 211 Å². The first-order chi connectivity index (χ1) is 17.0. The van der Waals surface area contributed by atoms with Gasteiger partial charge in [-0.25, -0.2) is 4.98 Å². The van der Waals surface area contributed by atoms with Gasteiger partial charge in [0.15, 0.2) is 16.8 Å². The minimum Gasteiger partial charge on any atom is -0.453 e. The van der Waals surface area contributed by atoms with Gasteiger partial charge in [-0.15, -0.1) is 0 Å². The van der Waals surface area contributed by atoms with Crippen molar-refractivity contribution in [2.24, 2.45) is 0 Å². The normalized spacial score (nSPS) is 11.5. The number of hydrogen-bond donors (Lipinski definition) is 0. The molecule has 1 heterocycles. The number of rotatable bonds is 4. The molecule has 1 aliphatic heterocycles. The third-order valence-corrected chi connectivity index (χ3v) is 8.03. The molecule has 4 aromatic rings. The molecule has 6 rings (SSSR count). The summed E-state index contributed by atoms with van der Waals surface area (Å²) in [6.45, 7) is 4.14. The Hall–Kier alpha value is -3.54. The lowest BCUT2D eigenvalue weighted by Gasteiger charge is -2.13. The number of fused-ring (bicyclic) bond motifs is 4. The fraction of sp³-hybridized carbons (Fsp3) is 0.0667. The predicted octanol–water partition coefficient (Wildman–Crippen LogP) is 8.37. The molecule has 0 N–H and O–H groups in total. The zero-order valence-corrected chi connectivity index (χ0v) is 20.9. The highest BCUT2D eigenvalue weighted by molar-refractivity contribution is 7.99. The van der Waals surface area contributed by atoms with Crippen molar-refractivity contribution in [1.82, 2.24) is 4.98 Å². The maximum Gasteiger partial charge on any atom is 0.196 e. The van der Waals surface area contributed by atoms with Crippen molar-refractivity contribution in [3.05, 3.63) is 112 Å². The van der Waals surface area contributed by atoms with Crippen LogP contribution in [0.15, 0.2) is 120 Å². The highest BCUT2D eigenvalue weighted by Gasteiger charge is 2.17. The third-order valence-electron chi connectivity index (χ3n) is 5.92. The highest BCUT2D eigenvalue weighted by Crippen LogP contribution is 2.39. The fourth-order valence-corrected chi connectivity index (χ4v) is 5.90. The van der Waals surface area contributed by atoms with Crippen LogP contribution in [0.5, 0.6) is 0 Å². The Kier molecular flexibility index (Phi) is 5.59. The Bertz CT molecular complexity index is 1720. The lowest BCUT2D eigenvalue weighted by atomic mass is 10.1. The van der Waals surface area contributed by atoms with E-state index in [-0.39, 0.29) is 5.43 Å². The van der Waals surface area contributed by atoms with E-state index in [2.05, 4.69) is 50.2 Å². The van der Waals surface area contributed by atoms with Gasteiger partial charge in [0, 0.05) is 26.1 Å². The van der Waals surface area contributed by atoms with Gasteiger partial charge in [-0.3, -0.25) is 4.79 Å². The quantitative estimate of drug-likeness (QED) is 0.183. The van der Waals surface area contributed by atoms with Gasteiger partial charge in [0.05, 0.1) is 4.90 Å². The molecular weight excluding hydrogens is 470 g/mol. The van der Waals surface area contributed by atoms with Gasteiger partial charge in [0.25, 0.3) is 0 Å². The van der Waals surface area contributed by atoms with Crippen LogP contribution >= 0.6 is 23.5 Å². The van der Waals surface area contributed by atoms with E-state index in [4.69, 9.17) is 9.40 Å². The van der Waals surface area contributed by atoms with Gasteiger partial charge >= 0.3 is 0 Å². The molecule has 0 aromatic heterocycles. The van der Waals surface area contributed by atoms with Gasteiger partial charge in [-0.1, -0.05) is 83.2 Å². The van der Waals surface area contributed by atoms with Crippen molar-refractivity contribution in [3.63, 3.8) is 0 Å². The molecule has 170 valence electrons. The Balaban J connectivity index is 1.49. The average Bonchev–Trinajstić information content (AvgIpc) is 2.86. The summed E-state index contributed by atoms with van der Waals surface area (Å²) in [7, 11) is 0. The molecule has 3 nitrogen and oxygen atoms in total. The summed E-state index contributed by atoms with van der Waals surface area (Å²) in [5.74, 6) is 0.498. The summed E-state index contributed by atoms with van der Waals surface area (Å²) in [6, 6.07) is 30.4. The summed E-state index contributed by atoms with van der Waals surface area (Å²) in [5.41, 5.74) is 4.50. The average molecular weight is 492 g/mol. The van der Waals surface area contributed by atoms with E-state index >= 15 is 0 Å². The Morgan fingerprint density at radius 1 is 0.686 bits per heavy atom. The van der Waals surface area contributed by atoms with E-state index in [1.807, 2.05) is 48.5 Å². The van der Waals surface area contributed by atoms with Gasteiger partial charge in [0.2, 0.25) is 0 Å². The first-order valence-electron chi connectivity index (χ1n) is 11.3. The van der Waals surface area contributed by atoms with Gasteiger partial charge < -0.3 is 4.42 Å². The summed E-state index contributed by atoms with van der Waals surface area (Å²) >= 11 is 3.15. The second-order valence-electron chi connectivity index (χ2n) is 8.58. The molecule has 0 radical (unpaired) electrons. The van der Waals surface area contributed by atoms with E-state index in [1.165, 1.54) is 22.9 Å². The predicted molar refractivity (Wildman–Crippen MR) is 145 cm³/mol. The van der Waals surface area contributed by atoms with E-state index in [1.54, 1.807) is 17.8 Å². The third kappa shape index (κ3) is 4.33. The molecule has 0 saturated heterocycles. The molecule has 35 heavy (non-hydrogen) atoms. The van der Waals surface area contributed by atoms with Crippen molar-refractivity contribution < 1.29 is 4.42 Å². The summed E-state index contributed by atoms with van der Waals surface area (Å²) in [5, 5.41) is 2.16. The van der Waals surface area contributed by atoms with Crippen LogP contribution in [-0.4, -0.2) is 4.98 Å². The molecule has 0 atom stereocenters. The van der Waals surface area contributed by atoms with Crippen LogP contribution in [0.3, 0.4) is 0 Å². The van der Waals surface area contributed by atoms with Crippen LogP contribution in [0.4, 0.5) is 0 Å². The molecule has 0 fully saturated rings. The molecule has 0 spiro atoms. The number of nitrogens with zero attached hydrogens (tertiary/aromatic N) is 1. The molecule has 5 heteroatoms. The zero-order chi connectivity index (χ0) is 23.9. The molecule has 4 aromatic carbocycles. The topological polar surface area (TPSA) is 43.1 Å². The highest BCUT2D eigenvalue weighted by atomic mass is 32.2. The first kappa shape index (κ1) is 22.0. The monoisotopic (exact) mass is 491 g/mol. The van der Waals surface area contributed by atoms with Crippen molar-refractivity contribution >= 4 is 45.4 Å². The second kappa shape index (κ2) is 8.91. The zero-order valence-electron chi connectivity index (χ0n) is 19.2. The SMILES string of the molecule is Cc1ccc(Sc2cc3nc4c(cc(Sc5ccc(C)cc5)c5ccccc54)oc-3cc2=O)cc1. The smallest absolute Gasteiger partial charge is 0.196 e. The largest absolute Gasteiger partial charge is 0.453 e. The molecule has 2 aliphatic rings. The molecule has 0 bridgehead atoms. The van der Waals surface area contributed by atoms with Crippen LogP contribution in [0, 0.1) is 13.8 Å². The Morgan fingerprint density at radius 2 is 1.29 bits per heavy atom. The van der Waals surface area contributed by atoms with Gasteiger partial charge in [-0.2, -0.15) is 0 Å². The second-order valence-corrected chi connectivity index (χ2v) is 10.8. The number of benzene rings is 5. The summed E-state index contributed by atoms with van der Waals surface area (Å²) in [6.07, 6.45) is 0. The molecule has 1 aliphatic carbocycles. The van der Waals surface area contributed by atoms with Crippen molar-refractivity contribution in [1.29, 1.82) is 0 Å². The van der Waals surface area contributed by atoms with Crippen LogP contribution in [0.25, 0.3) is 33.3 Å². The van der Waals surface area contributed by atoms with E-state index in [0.29, 0.717) is 21.9 Å². The number of aromatic nitrogens is 1. The van der Waals surface area contributed by atoms with Crippen LogP contribution < -0.4 is 5.43 Å². The summed E-state index contributed by atoms with van der Waals surface area (Å²) in [4.78, 5) is 21.8. The maximum absolute atomic E-state index is 12.9. The minimum absolute atomic E-state index is 0.0666. The fourth-order valence-electron chi connectivity index (χ4n) is 4.06. The van der Waals surface area contributed by atoms with E-state index in [9.17, 15) is 4.79 Å². The number of hydrogen-bond acceptors (Lipinski definition) is 5. The van der Waals surface area contributed by atoms with Gasteiger partial charge in [0.1, 0.15) is 11.2 Å². The minimum atomic E-state index is -0.0666.